The van der Waals surface area contributed by atoms with E-state index in [2.05, 4.69) is 15.9 Å². The van der Waals surface area contributed by atoms with Gasteiger partial charge in [-0.2, -0.15) is 0 Å². The fraction of sp³-hybridized carbons (Fsp3) is 0.500. The van der Waals surface area contributed by atoms with Crippen molar-refractivity contribution in [3.8, 4) is 0 Å². The summed E-state index contributed by atoms with van der Waals surface area (Å²) in [7, 11) is 0. The van der Waals surface area contributed by atoms with Crippen LogP contribution in [-0.4, -0.2) is 41.4 Å². The smallest absolute Gasteiger partial charge is 0.254 e. The van der Waals surface area contributed by atoms with Gasteiger partial charge in [0.2, 0.25) is 0 Å². The molecule has 18 heavy (non-hydrogen) atoms. The van der Waals surface area contributed by atoms with E-state index in [0.717, 1.165) is 10.9 Å². The molecule has 3 nitrogen and oxygen atoms in total. The molecular weight excluding hydrogens is 294 g/mol. The molecule has 0 N–H and O–H groups in total. The number of carbonyl (C=O) groups is 1. The molecule has 1 heterocycles. The van der Waals surface area contributed by atoms with Gasteiger partial charge >= 0.3 is 0 Å². The molecule has 1 aromatic rings. The van der Waals surface area contributed by atoms with Crippen LogP contribution in [0.2, 0.25) is 0 Å². The van der Waals surface area contributed by atoms with E-state index in [0.29, 0.717) is 13.1 Å². The van der Waals surface area contributed by atoms with Crippen LogP contribution in [0.4, 0.5) is 0 Å². The maximum Gasteiger partial charge on any atom is 0.254 e. The minimum absolute atomic E-state index is 0.0862. The van der Waals surface area contributed by atoms with Gasteiger partial charge in [0, 0.05) is 24.0 Å². The quantitative estimate of drug-likeness (QED) is 0.786. The monoisotopic (exact) mass is 311 g/mol. The summed E-state index contributed by atoms with van der Waals surface area (Å²) in [5.74, 6) is 0.0936. The maximum atomic E-state index is 12.4. The highest BCUT2D eigenvalue weighted by Crippen LogP contribution is 2.16. The molecule has 1 aliphatic rings. The molecule has 4 heteroatoms. The van der Waals surface area contributed by atoms with Gasteiger partial charge in [-0.3, -0.25) is 4.79 Å². The number of benzene rings is 1. The first-order valence-corrected chi connectivity index (χ1v) is 7.29. The van der Waals surface area contributed by atoms with Crippen LogP contribution in [0.15, 0.2) is 24.3 Å². The van der Waals surface area contributed by atoms with Gasteiger partial charge in [-0.25, -0.2) is 0 Å². The zero-order valence-electron chi connectivity index (χ0n) is 10.7. The second kappa shape index (κ2) is 5.85. The Morgan fingerprint density at radius 1 is 1.39 bits per heavy atom. The topological polar surface area (TPSA) is 29.5 Å². The Balaban J connectivity index is 2.10. The van der Waals surface area contributed by atoms with Crippen molar-refractivity contribution < 1.29 is 9.53 Å². The lowest BCUT2D eigenvalue weighted by molar-refractivity contribution is -0.0559. The summed E-state index contributed by atoms with van der Waals surface area (Å²) in [6, 6.07) is 7.72. The summed E-state index contributed by atoms with van der Waals surface area (Å²) in [5, 5.41) is 0.759. The molecule has 0 aliphatic carbocycles. The first kappa shape index (κ1) is 13.6. The molecule has 0 aromatic heterocycles. The van der Waals surface area contributed by atoms with Gasteiger partial charge in [0.15, 0.2) is 0 Å². The summed E-state index contributed by atoms with van der Waals surface area (Å²) in [4.78, 5) is 14.3. The number of nitrogens with zero attached hydrogens (tertiary/aromatic N) is 1. The SMILES string of the molecule is Cc1ccc(C(=O)N2CC(C)OC(CBr)C2)cc1. The molecule has 1 amide bonds. The Bertz CT molecular complexity index is 418. The Morgan fingerprint density at radius 2 is 2.06 bits per heavy atom. The van der Waals surface area contributed by atoms with Crippen LogP contribution >= 0.6 is 15.9 Å². The second-order valence-corrected chi connectivity index (χ2v) is 5.45. The van der Waals surface area contributed by atoms with Gasteiger partial charge in [0.05, 0.1) is 12.2 Å². The van der Waals surface area contributed by atoms with Crippen LogP contribution in [0.25, 0.3) is 0 Å². The Hall–Kier alpha value is -0.870. The highest BCUT2D eigenvalue weighted by Gasteiger charge is 2.28. The van der Waals surface area contributed by atoms with Gasteiger partial charge in [-0.05, 0) is 26.0 Å². The van der Waals surface area contributed by atoms with Crippen LogP contribution in [-0.2, 0) is 4.74 Å². The van der Waals surface area contributed by atoms with E-state index in [9.17, 15) is 4.79 Å². The summed E-state index contributed by atoms with van der Waals surface area (Å²) in [6.45, 7) is 5.34. The zero-order chi connectivity index (χ0) is 13.1. The molecular formula is C14H18BrNO2. The number of alkyl halides is 1. The van der Waals surface area contributed by atoms with Crippen molar-refractivity contribution in [2.75, 3.05) is 18.4 Å². The number of rotatable bonds is 2. The van der Waals surface area contributed by atoms with E-state index in [1.165, 1.54) is 5.56 Å². The number of carbonyl (C=O) groups excluding carboxylic acids is 1. The number of ether oxygens (including phenoxy) is 1. The number of hydrogen-bond donors (Lipinski definition) is 0. The van der Waals surface area contributed by atoms with E-state index in [-0.39, 0.29) is 18.1 Å². The molecule has 0 bridgehead atoms. The van der Waals surface area contributed by atoms with Crippen molar-refractivity contribution in [3.05, 3.63) is 35.4 Å². The Morgan fingerprint density at radius 3 is 2.67 bits per heavy atom. The molecule has 98 valence electrons. The average molecular weight is 312 g/mol. The maximum absolute atomic E-state index is 12.4. The number of morpholine rings is 1. The fourth-order valence-electron chi connectivity index (χ4n) is 2.18. The van der Waals surface area contributed by atoms with E-state index in [4.69, 9.17) is 4.74 Å². The Kier molecular flexibility index (Phi) is 4.40. The number of halogens is 1. The van der Waals surface area contributed by atoms with Gasteiger partial charge in [-0.15, -0.1) is 0 Å². The molecule has 2 rings (SSSR count). The highest BCUT2D eigenvalue weighted by molar-refractivity contribution is 9.09. The fourth-order valence-corrected chi connectivity index (χ4v) is 2.53. The van der Waals surface area contributed by atoms with Crippen LogP contribution in [0.5, 0.6) is 0 Å². The minimum atomic E-state index is 0.0862. The standard InChI is InChI=1S/C14H18BrNO2/c1-10-3-5-12(6-4-10)14(17)16-8-11(2)18-13(7-15)9-16/h3-6,11,13H,7-9H2,1-2H3. The molecule has 2 unspecified atom stereocenters. The van der Waals surface area contributed by atoms with E-state index in [1.807, 2.05) is 43.0 Å². The average Bonchev–Trinajstić information content (AvgIpc) is 2.38. The first-order valence-electron chi connectivity index (χ1n) is 6.17. The lowest BCUT2D eigenvalue weighted by Crippen LogP contribution is -2.49. The third kappa shape index (κ3) is 3.12. The van der Waals surface area contributed by atoms with Crippen LogP contribution in [0.3, 0.4) is 0 Å². The predicted octanol–water partition coefficient (Wildman–Crippen LogP) is 2.62. The summed E-state index contributed by atoms with van der Waals surface area (Å²) < 4.78 is 5.73. The van der Waals surface area contributed by atoms with Gasteiger partial charge in [0.25, 0.3) is 5.91 Å². The molecule has 0 saturated carbocycles. The third-order valence-electron chi connectivity index (χ3n) is 3.08. The van der Waals surface area contributed by atoms with Crippen molar-refractivity contribution in [3.63, 3.8) is 0 Å². The zero-order valence-corrected chi connectivity index (χ0v) is 12.3. The summed E-state index contributed by atoms with van der Waals surface area (Å²) >= 11 is 3.42. The number of amides is 1. The van der Waals surface area contributed by atoms with Gasteiger partial charge < -0.3 is 9.64 Å². The van der Waals surface area contributed by atoms with Crippen LogP contribution in [0.1, 0.15) is 22.8 Å². The molecule has 1 aliphatic heterocycles. The summed E-state index contributed by atoms with van der Waals surface area (Å²) in [6.07, 6.45) is 0.179. The molecule has 1 saturated heterocycles. The minimum Gasteiger partial charge on any atom is -0.371 e. The van der Waals surface area contributed by atoms with Crippen molar-refractivity contribution in [1.29, 1.82) is 0 Å². The highest BCUT2D eigenvalue weighted by atomic mass is 79.9. The normalized spacial score (nSPS) is 24.1. The third-order valence-corrected chi connectivity index (χ3v) is 3.81. The first-order chi connectivity index (χ1) is 8.60. The van der Waals surface area contributed by atoms with E-state index >= 15 is 0 Å². The molecule has 0 radical (unpaired) electrons. The van der Waals surface area contributed by atoms with Crippen molar-refractivity contribution >= 4 is 21.8 Å². The second-order valence-electron chi connectivity index (χ2n) is 4.80. The van der Waals surface area contributed by atoms with E-state index in [1.54, 1.807) is 0 Å². The van der Waals surface area contributed by atoms with Crippen molar-refractivity contribution in [2.45, 2.75) is 26.1 Å². The molecule has 1 fully saturated rings. The van der Waals surface area contributed by atoms with Crippen LogP contribution < -0.4 is 0 Å². The predicted molar refractivity (Wildman–Crippen MR) is 75.2 cm³/mol. The largest absolute Gasteiger partial charge is 0.371 e. The molecule has 2 atom stereocenters. The Labute approximate surface area is 116 Å². The van der Waals surface area contributed by atoms with Gasteiger partial charge in [0.1, 0.15) is 0 Å². The van der Waals surface area contributed by atoms with Gasteiger partial charge in [-0.1, -0.05) is 33.6 Å². The molecule has 0 spiro atoms. The number of hydrogen-bond acceptors (Lipinski definition) is 2. The lowest BCUT2D eigenvalue weighted by Gasteiger charge is -2.36. The summed E-state index contributed by atoms with van der Waals surface area (Å²) in [5.41, 5.74) is 1.92. The lowest BCUT2D eigenvalue weighted by atomic mass is 10.1. The molecule has 1 aromatic carbocycles. The van der Waals surface area contributed by atoms with Crippen molar-refractivity contribution in [1.82, 2.24) is 4.90 Å². The van der Waals surface area contributed by atoms with Crippen molar-refractivity contribution in [2.24, 2.45) is 0 Å². The van der Waals surface area contributed by atoms with Crippen LogP contribution in [0, 0.1) is 6.92 Å². The number of aryl methyl sites for hydroxylation is 1. The van der Waals surface area contributed by atoms with E-state index < -0.39 is 0 Å².